The SMILES string of the molecule is O=C(c1ccccc1)N1C[C@@H](COc2ccccc2)O[C@@H](c2ccccc2O)O1. The molecule has 0 bridgehead atoms. The molecule has 1 aliphatic heterocycles. The van der Waals surface area contributed by atoms with Crippen LogP contribution in [0.15, 0.2) is 84.9 Å². The maximum Gasteiger partial charge on any atom is 0.277 e. The average Bonchev–Trinajstić information content (AvgIpc) is 2.78. The Hall–Kier alpha value is -3.35. The van der Waals surface area contributed by atoms with Crippen LogP contribution in [0.2, 0.25) is 0 Å². The largest absolute Gasteiger partial charge is 0.507 e. The molecule has 0 saturated carbocycles. The molecule has 29 heavy (non-hydrogen) atoms. The molecule has 6 nitrogen and oxygen atoms in total. The van der Waals surface area contributed by atoms with Crippen molar-refractivity contribution in [1.82, 2.24) is 5.06 Å². The number of benzene rings is 3. The van der Waals surface area contributed by atoms with Gasteiger partial charge in [0.25, 0.3) is 5.91 Å². The Balaban J connectivity index is 1.54. The van der Waals surface area contributed by atoms with E-state index in [1.807, 2.05) is 36.4 Å². The molecule has 4 rings (SSSR count). The highest BCUT2D eigenvalue weighted by Gasteiger charge is 2.34. The van der Waals surface area contributed by atoms with Gasteiger partial charge in [-0.05, 0) is 30.3 Å². The van der Waals surface area contributed by atoms with Crippen molar-refractivity contribution in [2.75, 3.05) is 13.2 Å². The predicted molar refractivity (Wildman–Crippen MR) is 106 cm³/mol. The maximum absolute atomic E-state index is 12.9. The summed E-state index contributed by atoms with van der Waals surface area (Å²) in [6.07, 6.45) is -1.37. The van der Waals surface area contributed by atoms with Gasteiger partial charge in [0.15, 0.2) is 0 Å². The van der Waals surface area contributed by atoms with Crippen LogP contribution in [0.1, 0.15) is 22.2 Å². The van der Waals surface area contributed by atoms with Crippen LogP contribution in [0.3, 0.4) is 0 Å². The Labute approximate surface area is 168 Å². The van der Waals surface area contributed by atoms with Crippen molar-refractivity contribution in [3.63, 3.8) is 0 Å². The van der Waals surface area contributed by atoms with E-state index in [9.17, 15) is 9.90 Å². The van der Waals surface area contributed by atoms with Gasteiger partial charge in [-0.15, -0.1) is 0 Å². The summed E-state index contributed by atoms with van der Waals surface area (Å²) in [6.45, 7) is 0.431. The lowest BCUT2D eigenvalue weighted by Gasteiger charge is -2.37. The minimum Gasteiger partial charge on any atom is -0.507 e. The Morgan fingerprint density at radius 1 is 0.966 bits per heavy atom. The van der Waals surface area contributed by atoms with Gasteiger partial charge in [0.2, 0.25) is 6.29 Å². The minimum atomic E-state index is -0.929. The summed E-state index contributed by atoms with van der Waals surface area (Å²) in [5.74, 6) is 0.468. The summed E-state index contributed by atoms with van der Waals surface area (Å²) < 4.78 is 11.8. The standard InChI is InChI=1S/C23H21NO5/c25-21-14-8-7-13-20(21)23-28-19(16-27-18-11-5-2-6-12-18)15-24(29-23)22(26)17-9-3-1-4-10-17/h1-14,19,23,25H,15-16H2/t19-,23+/m0/s1. The summed E-state index contributed by atoms with van der Waals surface area (Å²) in [7, 11) is 0. The van der Waals surface area contributed by atoms with Crippen LogP contribution in [0.5, 0.6) is 11.5 Å². The van der Waals surface area contributed by atoms with E-state index < -0.39 is 12.4 Å². The number of hydrogen-bond acceptors (Lipinski definition) is 5. The third-order valence-corrected chi connectivity index (χ3v) is 4.53. The molecule has 6 heteroatoms. The highest BCUT2D eigenvalue weighted by Crippen LogP contribution is 2.33. The third-order valence-electron chi connectivity index (χ3n) is 4.53. The van der Waals surface area contributed by atoms with E-state index in [0.717, 1.165) is 0 Å². The van der Waals surface area contributed by atoms with E-state index in [1.54, 1.807) is 48.5 Å². The van der Waals surface area contributed by atoms with Gasteiger partial charge in [-0.25, -0.2) is 9.90 Å². The van der Waals surface area contributed by atoms with Gasteiger partial charge < -0.3 is 14.6 Å². The van der Waals surface area contributed by atoms with Gasteiger partial charge in [0.1, 0.15) is 24.2 Å². The van der Waals surface area contributed by atoms with Crippen molar-refractivity contribution in [3.8, 4) is 11.5 Å². The van der Waals surface area contributed by atoms with Crippen LogP contribution >= 0.6 is 0 Å². The molecule has 3 aromatic rings. The topological polar surface area (TPSA) is 68.2 Å². The number of para-hydroxylation sites is 2. The van der Waals surface area contributed by atoms with Gasteiger partial charge in [-0.3, -0.25) is 4.79 Å². The number of carbonyl (C=O) groups is 1. The second kappa shape index (κ2) is 8.77. The first-order chi connectivity index (χ1) is 14.2. The normalized spacial score (nSPS) is 19.0. The fourth-order valence-corrected chi connectivity index (χ4v) is 3.06. The van der Waals surface area contributed by atoms with Crippen LogP contribution in [-0.2, 0) is 9.57 Å². The number of nitrogens with zero attached hydrogens (tertiary/aromatic N) is 1. The Morgan fingerprint density at radius 2 is 1.62 bits per heavy atom. The smallest absolute Gasteiger partial charge is 0.277 e. The first kappa shape index (κ1) is 19.0. The zero-order valence-corrected chi connectivity index (χ0v) is 15.7. The van der Waals surface area contributed by atoms with Gasteiger partial charge in [-0.2, -0.15) is 0 Å². The number of hydroxylamine groups is 2. The molecule has 1 saturated heterocycles. The lowest BCUT2D eigenvalue weighted by molar-refractivity contribution is -0.326. The van der Waals surface area contributed by atoms with Crippen LogP contribution in [0.25, 0.3) is 0 Å². The Kier molecular flexibility index (Phi) is 5.74. The number of ether oxygens (including phenoxy) is 2. The van der Waals surface area contributed by atoms with Crippen molar-refractivity contribution in [1.29, 1.82) is 0 Å². The highest BCUT2D eigenvalue weighted by molar-refractivity contribution is 5.93. The Morgan fingerprint density at radius 3 is 2.34 bits per heavy atom. The fraction of sp³-hybridized carbons (Fsp3) is 0.174. The molecule has 1 heterocycles. The first-order valence-corrected chi connectivity index (χ1v) is 9.35. The molecule has 0 aromatic heterocycles. The number of phenols is 1. The zero-order chi connectivity index (χ0) is 20.1. The highest BCUT2D eigenvalue weighted by atomic mass is 16.8. The monoisotopic (exact) mass is 391 g/mol. The summed E-state index contributed by atoms with van der Waals surface area (Å²) in [5, 5.41) is 11.5. The van der Waals surface area contributed by atoms with Crippen molar-refractivity contribution >= 4 is 5.91 Å². The molecular formula is C23H21NO5. The van der Waals surface area contributed by atoms with E-state index in [1.165, 1.54) is 5.06 Å². The minimum absolute atomic E-state index is 0.0363. The molecular weight excluding hydrogens is 370 g/mol. The molecule has 0 unspecified atom stereocenters. The van der Waals surface area contributed by atoms with Crippen LogP contribution < -0.4 is 4.74 Å². The molecule has 1 fully saturated rings. The van der Waals surface area contributed by atoms with E-state index in [0.29, 0.717) is 16.9 Å². The summed E-state index contributed by atoms with van der Waals surface area (Å²) >= 11 is 0. The van der Waals surface area contributed by atoms with Crippen molar-refractivity contribution in [2.45, 2.75) is 12.4 Å². The summed E-state index contributed by atoms with van der Waals surface area (Å²) in [5.41, 5.74) is 0.955. The molecule has 1 N–H and O–H groups in total. The lowest BCUT2D eigenvalue weighted by Crippen LogP contribution is -2.47. The van der Waals surface area contributed by atoms with E-state index in [-0.39, 0.29) is 24.8 Å². The number of carbonyl (C=O) groups excluding carboxylic acids is 1. The molecule has 3 aromatic carbocycles. The van der Waals surface area contributed by atoms with Gasteiger partial charge in [-0.1, -0.05) is 54.6 Å². The van der Waals surface area contributed by atoms with Gasteiger partial charge >= 0.3 is 0 Å². The molecule has 0 spiro atoms. The Bertz CT molecular complexity index is 948. The van der Waals surface area contributed by atoms with Gasteiger partial charge in [0, 0.05) is 5.56 Å². The molecule has 1 amide bonds. The number of rotatable bonds is 5. The molecule has 0 radical (unpaired) electrons. The number of amides is 1. The second-order valence-corrected chi connectivity index (χ2v) is 6.61. The predicted octanol–water partition coefficient (Wildman–Crippen LogP) is 3.94. The van der Waals surface area contributed by atoms with Crippen LogP contribution in [-0.4, -0.2) is 35.3 Å². The van der Waals surface area contributed by atoms with Crippen molar-refractivity contribution in [2.24, 2.45) is 0 Å². The van der Waals surface area contributed by atoms with Crippen LogP contribution in [0, 0.1) is 0 Å². The quantitative estimate of drug-likeness (QED) is 0.713. The summed E-state index contributed by atoms with van der Waals surface area (Å²) in [4.78, 5) is 18.7. The third kappa shape index (κ3) is 4.56. The van der Waals surface area contributed by atoms with Gasteiger partial charge in [0.05, 0.1) is 12.1 Å². The number of phenolic OH excluding ortho intramolecular Hbond substituents is 1. The number of hydrogen-bond donors (Lipinski definition) is 1. The van der Waals surface area contributed by atoms with E-state index >= 15 is 0 Å². The van der Waals surface area contributed by atoms with Crippen molar-refractivity contribution < 1.29 is 24.2 Å². The van der Waals surface area contributed by atoms with E-state index in [2.05, 4.69) is 0 Å². The zero-order valence-electron chi connectivity index (χ0n) is 15.7. The summed E-state index contributed by atoms with van der Waals surface area (Å²) in [6, 6.07) is 25.0. The molecule has 148 valence electrons. The molecule has 2 atom stereocenters. The maximum atomic E-state index is 12.9. The average molecular weight is 391 g/mol. The first-order valence-electron chi connectivity index (χ1n) is 9.35. The number of aromatic hydroxyl groups is 1. The fourth-order valence-electron chi connectivity index (χ4n) is 3.06. The molecule has 0 aliphatic carbocycles. The lowest BCUT2D eigenvalue weighted by atomic mass is 10.1. The second-order valence-electron chi connectivity index (χ2n) is 6.61. The van der Waals surface area contributed by atoms with Crippen LogP contribution in [0.4, 0.5) is 0 Å². The molecule has 1 aliphatic rings. The van der Waals surface area contributed by atoms with Crippen molar-refractivity contribution in [3.05, 3.63) is 96.1 Å². The van der Waals surface area contributed by atoms with E-state index in [4.69, 9.17) is 14.3 Å².